The molecule has 0 aromatic heterocycles. The largest absolute Gasteiger partial charge is 0.304 e. The van der Waals surface area contributed by atoms with E-state index in [1.54, 1.807) is 0 Å². The lowest BCUT2D eigenvalue weighted by atomic mass is 9.80. The second-order valence-electron chi connectivity index (χ2n) is 3.47. The molecule has 0 heterocycles. The summed E-state index contributed by atoms with van der Waals surface area (Å²) in [7, 11) is 0. The highest BCUT2D eigenvalue weighted by Gasteiger charge is 2.24. The fourth-order valence-electron chi connectivity index (χ4n) is 1.97. The van der Waals surface area contributed by atoms with E-state index >= 15 is 0 Å². The Morgan fingerprint density at radius 3 is 1.67 bits per heavy atom. The summed E-state index contributed by atoms with van der Waals surface area (Å²) in [6.45, 7) is 1.27. The van der Waals surface area contributed by atoms with Crippen molar-refractivity contribution < 1.29 is 9.68 Å². The fraction of sp³-hybridized carbons (Fsp3) is 1.00. The van der Waals surface area contributed by atoms with E-state index in [2.05, 4.69) is 9.68 Å². The van der Waals surface area contributed by atoms with Gasteiger partial charge < -0.3 is 9.68 Å². The van der Waals surface area contributed by atoms with Crippen LogP contribution in [0.5, 0.6) is 0 Å². The normalized spacial score (nSPS) is 30.5. The summed E-state index contributed by atoms with van der Waals surface area (Å²) >= 11 is 0. The molecule has 4 N–H and O–H groups in total. The first-order chi connectivity index (χ1) is 5.88. The molecule has 0 amide bonds. The zero-order valence-electron chi connectivity index (χ0n) is 7.37. The Hall–Kier alpha value is -0.160. The molecule has 72 valence electrons. The highest BCUT2D eigenvalue weighted by Crippen LogP contribution is 2.29. The van der Waals surface area contributed by atoms with Gasteiger partial charge in [-0.25, -0.2) is 11.8 Å². The van der Waals surface area contributed by atoms with Crippen molar-refractivity contribution in [3.05, 3.63) is 0 Å². The maximum Gasteiger partial charge on any atom is 0.0710 e. The quantitative estimate of drug-likeness (QED) is 0.611. The van der Waals surface area contributed by atoms with Crippen LogP contribution in [-0.4, -0.2) is 13.2 Å². The number of hydrogen-bond donors (Lipinski definition) is 2. The maximum absolute atomic E-state index is 5.05. The van der Waals surface area contributed by atoms with Crippen molar-refractivity contribution in [1.29, 1.82) is 0 Å². The van der Waals surface area contributed by atoms with E-state index in [-0.39, 0.29) is 0 Å². The Kier molecular flexibility index (Phi) is 4.53. The lowest BCUT2D eigenvalue weighted by Gasteiger charge is -2.29. The van der Waals surface area contributed by atoms with Gasteiger partial charge in [-0.3, -0.25) is 0 Å². The van der Waals surface area contributed by atoms with E-state index in [1.165, 1.54) is 25.7 Å². The molecule has 12 heavy (non-hydrogen) atoms. The predicted molar refractivity (Wildman–Crippen MR) is 45.7 cm³/mol. The molecule has 1 fully saturated rings. The zero-order chi connectivity index (χ0) is 8.81. The van der Waals surface area contributed by atoms with Gasteiger partial charge in [0.15, 0.2) is 0 Å². The first-order valence-corrected chi connectivity index (χ1v) is 4.52. The van der Waals surface area contributed by atoms with Crippen molar-refractivity contribution in [2.24, 2.45) is 23.6 Å². The topological polar surface area (TPSA) is 70.5 Å². The van der Waals surface area contributed by atoms with Gasteiger partial charge in [-0.05, 0) is 24.7 Å². The molecule has 1 aliphatic carbocycles. The summed E-state index contributed by atoms with van der Waals surface area (Å²) in [5.41, 5.74) is 0. The molecular formula is C8H18N2O2. The molecule has 2 unspecified atom stereocenters. The molecule has 0 radical (unpaired) electrons. The molecule has 0 saturated heterocycles. The van der Waals surface area contributed by atoms with Gasteiger partial charge in [0.25, 0.3) is 0 Å². The lowest BCUT2D eigenvalue weighted by Crippen LogP contribution is -2.29. The van der Waals surface area contributed by atoms with Gasteiger partial charge in [0.05, 0.1) is 13.2 Å². The molecule has 4 heteroatoms. The van der Waals surface area contributed by atoms with Crippen LogP contribution in [0.15, 0.2) is 0 Å². The number of rotatable bonds is 4. The van der Waals surface area contributed by atoms with Crippen molar-refractivity contribution in [3.8, 4) is 0 Å². The first-order valence-electron chi connectivity index (χ1n) is 4.52. The second-order valence-corrected chi connectivity index (χ2v) is 3.47. The highest BCUT2D eigenvalue weighted by atomic mass is 16.6. The van der Waals surface area contributed by atoms with Crippen LogP contribution < -0.4 is 11.8 Å². The van der Waals surface area contributed by atoms with Gasteiger partial charge in [-0.15, -0.1) is 0 Å². The average molecular weight is 174 g/mol. The molecule has 0 spiro atoms. The summed E-state index contributed by atoms with van der Waals surface area (Å²) in [5.74, 6) is 11.2. The summed E-state index contributed by atoms with van der Waals surface area (Å²) in [6, 6.07) is 0. The van der Waals surface area contributed by atoms with Gasteiger partial charge >= 0.3 is 0 Å². The van der Waals surface area contributed by atoms with E-state index in [4.69, 9.17) is 11.8 Å². The molecule has 4 nitrogen and oxygen atoms in total. The molecule has 0 bridgehead atoms. The molecule has 1 rings (SSSR count). The van der Waals surface area contributed by atoms with Crippen LogP contribution in [-0.2, 0) is 9.68 Å². The Labute approximate surface area is 73.1 Å². The molecule has 0 aromatic rings. The molecule has 1 aliphatic rings. The summed E-state index contributed by atoms with van der Waals surface area (Å²) < 4.78 is 0. The Balaban J connectivity index is 2.31. The Morgan fingerprint density at radius 2 is 1.33 bits per heavy atom. The van der Waals surface area contributed by atoms with Crippen molar-refractivity contribution in [2.45, 2.75) is 25.7 Å². The Morgan fingerprint density at radius 1 is 0.917 bits per heavy atom. The van der Waals surface area contributed by atoms with Crippen LogP contribution >= 0.6 is 0 Å². The maximum atomic E-state index is 5.05. The fourth-order valence-corrected chi connectivity index (χ4v) is 1.97. The average Bonchev–Trinajstić information content (AvgIpc) is 2.09. The van der Waals surface area contributed by atoms with Gasteiger partial charge in [0.1, 0.15) is 0 Å². The van der Waals surface area contributed by atoms with E-state index in [0.29, 0.717) is 25.0 Å². The zero-order valence-corrected chi connectivity index (χ0v) is 7.37. The van der Waals surface area contributed by atoms with Crippen LogP contribution in [0, 0.1) is 11.8 Å². The predicted octanol–water partition coefficient (Wildman–Crippen LogP) is 0.573. The monoisotopic (exact) mass is 174 g/mol. The number of hydrogen-bond acceptors (Lipinski definition) is 4. The van der Waals surface area contributed by atoms with E-state index in [1.807, 2.05) is 0 Å². The van der Waals surface area contributed by atoms with Crippen LogP contribution in [0.3, 0.4) is 0 Å². The minimum atomic E-state index is 0.535. The standard InChI is InChI=1S/C8H18N2O2/c9-11-5-7-3-1-2-4-8(7)6-12-10/h7-8H,1-6,9-10H2. The molecular weight excluding hydrogens is 156 g/mol. The van der Waals surface area contributed by atoms with E-state index in [9.17, 15) is 0 Å². The van der Waals surface area contributed by atoms with E-state index < -0.39 is 0 Å². The van der Waals surface area contributed by atoms with Crippen molar-refractivity contribution in [3.63, 3.8) is 0 Å². The van der Waals surface area contributed by atoms with Crippen LogP contribution in [0.25, 0.3) is 0 Å². The van der Waals surface area contributed by atoms with Gasteiger partial charge in [0, 0.05) is 0 Å². The van der Waals surface area contributed by atoms with Crippen LogP contribution in [0.1, 0.15) is 25.7 Å². The van der Waals surface area contributed by atoms with Gasteiger partial charge in [0.2, 0.25) is 0 Å². The third kappa shape index (κ3) is 2.71. The van der Waals surface area contributed by atoms with Crippen molar-refractivity contribution in [1.82, 2.24) is 0 Å². The van der Waals surface area contributed by atoms with Gasteiger partial charge in [-0.2, -0.15) is 0 Å². The van der Waals surface area contributed by atoms with Crippen molar-refractivity contribution >= 4 is 0 Å². The summed E-state index contributed by atoms with van der Waals surface area (Å²) in [5, 5.41) is 0. The van der Waals surface area contributed by atoms with Gasteiger partial charge in [-0.1, -0.05) is 12.8 Å². The molecule has 0 aromatic carbocycles. The minimum absolute atomic E-state index is 0.535. The third-order valence-corrected chi connectivity index (χ3v) is 2.69. The highest BCUT2D eigenvalue weighted by molar-refractivity contribution is 4.74. The summed E-state index contributed by atoms with van der Waals surface area (Å²) in [6.07, 6.45) is 4.92. The number of nitrogens with two attached hydrogens (primary N) is 2. The van der Waals surface area contributed by atoms with Crippen LogP contribution in [0.4, 0.5) is 0 Å². The minimum Gasteiger partial charge on any atom is -0.304 e. The second kappa shape index (κ2) is 5.48. The van der Waals surface area contributed by atoms with Crippen molar-refractivity contribution in [2.75, 3.05) is 13.2 Å². The SMILES string of the molecule is NOCC1CCCCC1CON. The Bertz CT molecular complexity index is 104. The lowest BCUT2D eigenvalue weighted by molar-refractivity contribution is 0.0134. The molecule has 0 aliphatic heterocycles. The summed E-state index contributed by atoms with van der Waals surface area (Å²) in [4.78, 5) is 9.32. The van der Waals surface area contributed by atoms with E-state index in [0.717, 1.165) is 0 Å². The third-order valence-electron chi connectivity index (χ3n) is 2.69. The molecule has 1 saturated carbocycles. The molecule has 2 atom stereocenters. The smallest absolute Gasteiger partial charge is 0.0710 e. The first kappa shape index (κ1) is 9.92. The van der Waals surface area contributed by atoms with Crippen LogP contribution in [0.2, 0.25) is 0 Å².